The molecule has 0 fully saturated rings. The van der Waals surface area contributed by atoms with Crippen LogP contribution >= 0.6 is 0 Å². The normalized spacial score (nSPS) is 11.6. The highest BCUT2D eigenvalue weighted by Crippen LogP contribution is 2.40. The summed E-state index contributed by atoms with van der Waals surface area (Å²) < 4.78 is 23.4. The zero-order valence-electron chi connectivity index (χ0n) is 16.7. The van der Waals surface area contributed by atoms with Gasteiger partial charge in [-0.1, -0.05) is 6.08 Å². The molecule has 1 amide bonds. The molecule has 1 aromatic carbocycles. The van der Waals surface area contributed by atoms with Gasteiger partial charge in [0, 0.05) is 11.6 Å². The number of anilines is 1. The lowest BCUT2D eigenvalue weighted by Gasteiger charge is -2.17. The second-order valence-electron chi connectivity index (χ2n) is 5.95. The third kappa shape index (κ3) is 5.04. The molecule has 1 unspecified atom stereocenters. The van der Waals surface area contributed by atoms with Gasteiger partial charge in [0.05, 0.1) is 40.7 Å². The SMILES string of the molecule is C=CCCOC(C)C(=O)Nc1ccnn1Cc1ccc(OC)c(OC)c1OC. The zero-order chi connectivity index (χ0) is 20.5. The van der Waals surface area contributed by atoms with E-state index in [1.165, 1.54) is 0 Å². The van der Waals surface area contributed by atoms with Crippen molar-refractivity contribution in [2.24, 2.45) is 0 Å². The first kappa shape index (κ1) is 21.3. The van der Waals surface area contributed by atoms with Crippen molar-refractivity contribution in [3.05, 3.63) is 42.6 Å². The summed E-state index contributed by atoms with van der Waals surface area (Å²) in [6.07, 6.45) is 3.47. The highest BCUT2D eigenvalue weighted by Gasteiger charge is 2.19. The molecule has 0 radical (unpaired) electrons. The van der Waals surface area contributed by atoms with Crippen molar-refractivity contribution in [1.29, 1.82) is 0 Å². The molecule has 0 aliphatic carbocycles. The maximum Gasteiger partial charge on any atom is 0.254 e. The van der Waals surface area contributed by atoms with Crippen molar-refractivity contribution >= 4 is 11.7 Å². The lowest BCUT2D eigenvalue weighted by atomic mass is 10.1. The highest BCUT2D eigenvalue weighted by atomic mass is 16.5. The molecular formula is C20H27N3O5. The molecule has 1 aromatic heterocycles. The van der Waals surface area contributed by atoms with Crippen LogP contribution in [0.2, 0.25) is 0 Å². The number of hydrogen-bond acceptors (Lipinski definition) is 6. The summed E-state index contributed by atoms with van der Waals surface area (Å²) in [7, 11) is 4.68. The van der Waals surface area contributed by atoms with Crippen molar-refractivity contribution in [1.82, 2.24) is 9.78 Å². The summed E-state index contributed by atoms with van der Waals surface area (Å²) in [5.41, 5.74) is 0.828. The van der Waals surface area contributed by atoms with Gasteiger partial charge in [0.25, 0.3) is 5.91 Å². The van der Waals surface area contributed by atoms with Crippen molar-refractivity contribution < 1.29 is 23.7 Å². The maximum atomic E-state index is 12.4. The van der Waals surface area contributed by atoms with Crippen LogP contribution in [0.5, 0.6) is 17.2 Å². The lowest BCUT2D eigenvalue weighted by molar-refractivity contribution is -0.126. The van der Waals surface area contributed by atoms with Gasteiger partial charge in [0.1, 0.15) is 11.9 Å². The molecule has 8 nitrogen and oxygen atoms in total. The van der Waals surface area contributed by atoms with Gasteiger partial charge < -0.3 is 24.3 Å². The molecule has 1 atom stereocenters. The summed E-state index contributed by atoms with van der Waals surface area (Å²) in [6, 6.07) is 5.39. The Balaban J connectivity index is 2.16. The van der Waals surface area contributed by atoms with Crippen LogP contribution in [0.3, 0.4) is 0 Å². The zero-order valence-corrected chi connectivity index (χ0v) is 16.7. The highest BCUT2D eigenvalue weighted by molar-refractivity contribution is 5.93. The summed E-state index contributed by atoms with van der Waals surface area (Å²) in [4.78, 5) is 12.4. The number of aromatic nitrogens is 2. The van der Waals surface area contributed by atoms with Gasteiger partial charge >= 0.3 is 0 Å². The molecule has 1 heterocycles. The Kier molecular flexibility index (Phi) is 7.88. The van der Waals surface area contributed by atoms with E-state index in [4.69, 9.17) is 18.9 Å². The van der Waals surface area contributed by atoms with Crippen LogP contribution < -0.4 is 19.5 Å². The third-order valence-corrected chi connectivity index (χ3v) is 4.13. The van der Waals surface area contributed by atoms with Crippen LogP contribution in [-0.2, 0) is 16.1 Å². The molecule has 2 rings (SSSR count). The van der Waals surface area contributed by atoms with E-state index in [9.17, 15) is 4.79 Å². The number of rotatable bonds is 11. The Hall–Kier alpha value is -3.00. The molecule has 0 saturated heterocycles. The number of nitrogens with zero attached hydrogens (tertiary/aromatic N) is 2. The quantitative estimate of drug-likeness (QED) is 0.470. The summed E-state index contributed by atoms with van der Waals surface area (Å²) in [6.45, 7) is 6.16. The minimum Gasteiger partial charge on any atom is -0.493 e. The van der Waals surface area contributed by atoms with Crippen LogP contribution in [0, 0.1) is 0 Å². The fraction of sp³-hybridized carbons (Fsp3) is 0.400. The first-order chi connectivity index (χ1) is 13.5. The van der Waals surface area contributed by atoms with E-state index in [-0.39, 0.29) is 5.91 Å². The topological polar surface area (TPSA) is 83.8 Å². The van der Waals surface area contributed by atoms with E-state index in [1.54, 1.807) is 57.3 Å². The average Bonchev–Trinajstić information content (AvgIpc) is 3.13. The standard InChI is InChI=1S/C20H27N3O5/c1-6-7-12-28-14(2)20(24)22-17-10-11-21-23(17)13-15-8-9-16(25-3)19(27-5)18(15)26-4/h6,8-11,14H,1,7,12-13H2,2-5H3,(H,22,24). The van der Waals surface area contributed by atoms with Gasteiger partial charge in [-0.25, -0.2) is 4.68 Å². The van der Waals surface area contributed by atoms with Crippen LogP contribution in [0.1, 0.15) is 18.9 Å². The Labute approximate surface area is 165 Å². The van der Waals surface area contributed by atoms with Gasteiger partial charge in [0.15, 0.2) is 11.5 Å². The van der Waals surface area contributed by atoms with Gasteiger partial charge in [-0.2, -0.15) is 5.10 Å². The number of carbonyl (C=O) groups is 1. The number of hydrogen-bond donors (Lipinski definition) is 1. The number of carbonyl (C=O) groups excluding carboxylic acids is 1. The van der Waals surface area contributed by atoms with E-state index in [2.05, 4.69) is 17.0 Å². The fourth-order valence-electron chi connectivity index (χ4n) is 2.65. The Morgan fingerprint density at radius 1 is 1.21 bits per heavy atom. The number of nitrogens with one attached hydrogen (secondary N) is 1. The molecule has 0 saturated carbocycles. The second-order valence-corrected chi connectivity index (χ2v) is 5.95. The summed E-state index contributed by atoms with van der Waals surface area (Å²) in [5, 5.41) is 7.13. The van der Waals surface area contributed by atoms with Crippen LogP contribution in [0.25, 0.3) is 0 Å². The number of amides is 1. The fourth-order valence-corrected chi connectivity index (χ4v) is 2.65. The van der Waals surface area contributed by atoms with Crippen molar-refractivity contribution in [2.75, 3.05) is 33.3 Å². The lowest BCUT2D eigenvalue weighted by Crippen LogP contribution is -2.29. The van der Waals surface area contributed by atoms with E-state index in [0.717, 1.165) is 5.56 Å². The maximum absolute atomic E-state index is 12.4. The largest absolute Gasteiger partial charge is 0.493 e. The first-order valence-electron chi connectivity index (χ1n) is 8.88. The molecule has 0 aliphatic heterocycles. The van der Waals surface area contributed by atoms with Crippen LogP contribution in [0.4, 0.5) is 5.82 Å². The predicted molar refractivity (Wildman–Crippen MR) is 106 cm³/mol. The van der Waals surface area contributed by atoms with E-state index in [1.807, 2.05) is 6.07 Å². The van der Waals surface area contributed by atoms with Crippen molar-refractivity contribution in [3.63, 3.8) is 0 Å². The molecule has 0 bridgehead atoms. The second kappa shape index (κ2) is 10.4. The average molecular weight is 389 g/mol. The molecular weight excluding hydrogens is 362 g/mol. The number of benzene rings is 1. The predicted octanol–water partition coefficient (Wildman–Crippen LogP) is 2.88. The van der Waals surface area contributed by atoms with Crippen LogP contribution in [-0.4, -0.2) is 49.7 Å². The molecule has 2 aromatic rings. The van der Waals surface area contributed by atoms with E-state index in [0.29, 0.717) is 42.6 Å². The van der Waals surface area contributed by atoms with Crippen LogP contribution in [0.15, 0.2) is 37.1 Å². The van der Waals surface area contributed by atoms with Gasteiger partial charge in [-0.05, 0) is 25.5 Å². The molecule has 28 heavy (non-hydrogen) atoms. The first-order valence-corrected chi connectivity index (χ1v) is 8.88. The molecule has 0 spiro atoms. The summed E-state index contributed by atoms with van der Waals surface area (Å²) >= 11 is 0. The Morgan fingerprint density at radius 2 is 1.96 bits per heavy atom. The molecule has 152 valence electrons. The minimum absolute atomic E-state index is 0.245. The number of ether oxygens (including phenoxy) is 4. The van der Waals surface area contributed by atoms with E-state index >= 15 is 0 Å². The Bertz CT molecular complexity index is 803. The van der Waals surface area contributed by atoms with Crippen molar-refractivity contribution in [2.45, 2.75) is 26.0 Å². The smallest absolute Gasteiger partial charge is 0.254 e. The van der Waals surface area contributed by atoms with Crippen molar-refractivity contribution in [3.8, 4) is 17.2 Å². The summed E-state index contributed by atoms with van der Waals surface area (Å²) in [5.74, 6) is 1.94. The van der Waals surface area contributed by atoms with Gasteiger partial charge in [-0.3, -0.25) is 4.79 Å². The molecule has 1 N–H and O–H groups in total. The Morgan fingerprint density at radius 3 is 2.61 bits per heavy atom. The van der Waals surface area contributed by atoms with E-state index < -0.39 is 6.10 Å². The number of methoxy groups -OCH3 is 3. The molecule has 8 heteroatoms. The van der Waals surface area contributed by atoms with Gasteiger partial charge in [-0.15, -0.1) is 6.58 Å². The monoisotopic (exact) mass is 389 g/mol. The molecule has 0 aliphatic rings. The minimum atomic E-state index is -0.584. The third-order valence-electron chi connectivity index (χ3n) is 4.13. The van der Waals surface area contributed by atoms with Gasteiger partial charge in [0.2, 0.25) is 5.75 Å².